The smallest absolute Gasteiger partial charge is 0.270 e. The number of fused-ring (bicyclic) bond motifs is 2. The summed E-state index contributed by atoms with van der Waals surface area (Å²) in [5.74, 6) is -0.331. The molecule has 3 heterocycles. The van der Waals surface area contributed by atoms with Crippen LogP contribution in [0, 0.1) is 10.1 Å². The fourth-order valence-electron chi connectivity index (χ4n) is 4.29. The molecular formula is C23H21N5O3. The molecular weight excluding hydrogens is 394 g/mol. The fraction of sp³-hybridized carbons (Fsp3) is 0.217. The number of nitrogens with zero attached hydrogens (tertiary/aromatic N) is 3. The highest BCUT2D eigenvalue weighted by Gasteiger charge is 2.19. The van der Waals surface area contributed by atoms with E-state index < -0.39 is 4.92 Å². The zero-order valence-electron chi connectivity index (χ0n) is 16.8. The second-order valence-corrected chi connectivity index (χ2v) is 7.74. The van der Waals surface area contributed by atoms with Gasteiger partial charge in [0.25, 0.3) is 11.6 Å². The minimum atomic E-state index is -0.466. The van der Waals surface area contributed by atoms with Crippen molar-refractivity contribution in [2.24, 2.45) is 0 Å². The van der Waals surface area contributed by atoms with Gasteiger partial charge in [0.1, 0.15) is 0 Å². The number of non-ortho nitro benzene ring substituents is 1. The van der Waals surface area contributed by atoms with Gasteiger partial charge in [0, 0.05) is 71.2 Å². The molecule has 1 amide bonds. The van der Waals surface area contributed by atoms with E-state index >= 15 is 0 Å². The van der Waals surface area contributed by atoms with Crippen molar-refractivity contribution in [2.45, 2.75) is 19.3 Å². The van der Waals surface area contributed by atoms with Gasteiger partial charge < -0.3 is 15.2 Å². The van der Waals surface area contributed by atoms with Crippen LogP contribution in [0.5, 0.6) is 0 Å². The number of hydrogen-bond acceptors (Lipinski definition) is 5. The normalized spacial score (nSPS) is 14.1. The molecule has 2 N–H and O–H groups in total. The lowest BCUT2D eigenvalue weighted by Crippen LogP contribution is -2.29. The number of piperidine rings is 1. The van der Waals surface area contributed by atoms with Crippen LogP contribution in [0.2, 0.25) is 0 Å². The number of hydrogen-bond donors (Lipinski definition) is 2. The summed E-state index contributed by atoms with van der Waals surface area (Å²) in [6.45, 7) is 2.05. The molecule has 0 unspecified atom stereocenters. The van der Waals surface area contributed by atoms with Crippen molar-refractivity contribution < 1.29 is 9.72 Å². The van der Waals surface area contributed by atoms with Crippen molar-refractivity contribution in [3.63, 3.8) is 0 Å². The van der Waals surface area contributed by atoms with Gasteiger partial charge in [-0.3, -0.25) is 19.9 Å². The SMILES string of the molecule is O=C(Nc1ccc(N2CCCCC2)c2ccncc12)c1c[nH]c2ccc([N+](=O)[O-])cc12. The maximum Gasteiger partial charge on any atom is 0.270 e. The number of pyridine rings is 1. The number of nitrogens with one attached hydrogen (secondary N) is 2. The average Bonchev–Trinajstić information content (AvgIpc) is 3.23. The van der Waals surface area contributed by atoms with Gasteiger partial charge in [-0.15, -0.1) is 0 Å². The third-order valence-electron chi connectivity index (χ3n) is 5.86. The summed E-state index contributed by atoms with van der Waals surface area (Å²) >= 11 is 0. The third-order valence-corrected chi connectivity index (χ3v) is 5.86. The van der Waals surface area contributed by atoms with E-state index in [1.807, 2.05) is 18.2 Å². The summed E-state index contributed by atoms with van der Waals surface area (Å²) in [5.41, 5.74) is 2.78. The summed E-state index contributed by atoms with van der Waals surface area (Å²) < 4.78 is 0. The Morgan fingerprint density at radius 1 is 1.06 bits per heavy atom. The van der Waals surface area contributed by atoms with Gasteiger partial charge in [-0.2, -0.15) is 0 Å². The summed E-state index contributed by atoms with van der Waals surface area (Å²) in [6, 6.07) is 10.4. The molecule has 8 heteroatoms. The molecule has 2 aromatic carbocycles. The van der Waals surface area contributed by atoms with Crippen LogP contribution in [-0.4, -0.2) is 33.9 Å². The van der Waals surface area contributed by atoms with E-state index in [1.165, 1.54) is 31.4 Å². The van der Waals surface area contributed by atoms with Gasteiger partial charge in [0.2, 0.25) is 0 Å². The number of nitro benzene ring substituents is 1. The number of amides is 1. The van der Waals surface area contributed by atoms with E-state index in [0.717, 1.165) is 29.5 Å². The standard InChI is InChI=1S/C23H21N5O3/c29-23(19-14-25-20-5-4-15(28(30)31)12-17(19)20)26-21-6-7-22(27-10-2-1-3-11-27)16-8-9-24-13-18(16)21/h4-9,12-14,25H,1-3,10-11H2,(H,26,29). The van der Waals surface area contributed by atoms with E-state index in [1.54, 1.807) is 24.7 Å². The summed E-state index contributed by atoms with van der Waals surface area (Å²) in [5, 5.41) is 16.5. The first-order valence-electron chi connectivity index (χ1n) is 10.3. The van der Waals surface area contributed by atoms with Gasteiger partial charge in [0.15, 0.2) is 0 Å². The average molecular weight is 415 g/mol. The van der Waals surface area contributed by atoms with Crippen molar-refractivity contribution in [1.29, 1.82) is 0 Å². The Morgan fingerprint density at radius 3 is 2.71 bits per heavy atom. The Labute approximate surface area is 178 Å². The minimum absolute atomic E-state index is 0.0540. The van der Waals surface area contributed by atoms with Crippen molar-refractivity contribution >= 4 is 44.6 Å². The molecule has 0 bridgehead atoms. The van der Waals surface area contributed by atoms with Crippen molar-refractivity contribution in [2.75, 3.05) is 23.3 Å². The number of nitro groups is 1. The van der Waals surface area contributed by atoms with Crippen molar-refractivity contribution in [1.82, 2.24) is 9.97 Å². The van der Waals surface area contributed by atoms with E-state index in [9.17, 15) is 14.9 Å². The number of carbonyl (C=O) groups excluding carboxylic acids is 1. The van der Waals surface area contributed by atoms with Crippen molar-refractivity contribution in [3.8, 4) is 0 Å². The van der Waals surface area contributed by atoms with Gasteiger partial charge >= 0.3 is 0 Å². The van der Waals surface area contributed by atoms with Crippen LogP contribution in [0.25, 0.3) is 21.7 Å². The molecule has 8 nitrogen and oxygen atoms in total. The van der Waals surface area contributed by atoms with Crippen LogP contribution < -0.4 is 10.2 Å². The zero-order valence-corrected chi connectivity index (χ0v) is 16.8. The predicted octanol–water partition coefficient (Wildman–Crippen LogP) is 4.87. The number of anilines is 2. The quantitative estimate of drug-likeness (QED) is 0.366. The molecule has 1 aliphatic heterocycles. The molecule has 0 radical (unpaired) electrons. The number of aromatic nitrogens is 2. The molecule has 4 aromatic rings. The summed E-state index contributed by atoms with van der Waals surface area (Å²) in [7, 11) is 0. The summed E-state index contributed by atoms with van der Waals surface area (Å²) in [4.78, 5) is 33.4. The van der Waals surface area contributed by atoms with E-state index in [-0.39, 0.29) is 11.6 Å². The highest BCUT2D eigenvalue weighted by atomic mass is 16.6. The van der Waals surface area contributed by atoms with Crippen LogP contribution in [-0.2, 0) is 0 Å². The van der Waals surface area contributed by atoms with Gasteiger partial charge in [-0.25, -0.2) is 0 Å². The van der Waals surface area contributed by atoms with Crippen LogP contribution >= 0.6 is 0 Å². The Hall–Kier alpha value is -3.94. The third kappa shape index (κ3) is 3.46. The molecule has 0 spiro atoms. The topological polar surface area (TPSA) is 104 Å². The van der Waals surface area contributed by atoms with Gasteiger partial charge in [0.05, 0.1) is 16.2 Å². The largest absolute Gasteiger partial charge is 0.371 e. The Morgan fingerprint density at radius 2 is 1.90 bits per heavy atom. The zero-order chi connectivity index (χ0) is 21.4. The molecule has 156 valence electrons. The Kier molecular flexibility index (Phi) is 4.74. The predicted molar refractivity (Wildman–Crippen MR) is 121 cm³/mol. The van der Waals surface area contributed by atoms with Gasteiger partial charge in [-0.1, -0.05) is 0 Å². The van der Waals surface area contributed by atoms with Crippen LogP contribution in [0.4, 0.5) is 17.1 Å². The molecule has 2 aromatic heterocycles. The number of benzene rings is 2. The number of rotatable bonds is 4. The van der Waals surface area contributed by atoms with Crippen LogP contribution in [0.15, 0.2) is 55.0 Å². The maximum atomic E-state index is 13.1. The number of H-pyrrole nitrogens is 1. The van der Waals surface area contributed by atoms with Crippen molar-refractivity contribution in [3.05, 3.63) is 70.7 Å². The first-order valence-corrected chi connectivity index (χ1v) is 10.3. The second-order valence-electron chi connectivity index (χ2n) is 7.74. The van der Waals surface area contributed by atoms with Crippen LogP contribution in [0.3, 0.4) is 0 Å². The molecule has 0 saturated carbocycles. The molecule has 31 heavy (non-hydrogen) atoms. The molecule has 0 atom stereocenters. The molecule has 1 saturated heterocycles. The molecule has 1 fully saturated rings. The second kappa shape index (κ2) is 7.71. The maximum absolute atomic E-state index is 13.1. The number of aromatic amines is 1. The van der Waals surface area contributed by atoms with E-state index in [0.29, 0.717) is 22.2 Å². The summed E-state index contributed by atoms with van der Waals surface area (Å²) in [6.07, 6.45) is 8.72. The molecule has 0 aliphatic carbocycles. The van der Waals surface area contributed by atoms with Gasteiger partial charge in [-0.05, 0) is 43.5 Å². The lowest BCUT2D eigenvalue weighted by Gasteiger charge is -2.30. The van der Waals surface area contributed by atoms with E-state index in [4.69, 9.17) is 0 Å². The first kappa shape index (κ1) is 19.0. The Balaban J connectivity index is 1.51. The lowest BCUT2D eigenvalue weighted by molar-refractivity contribution is -0.384. The van der Waals surface area contributed by atoms with Crippen LogP contribution in [0.1, 0.15) is 29.6 Å². The molecule has 1 aliphatic rings. The highest BCUT2D eigenvalue weighted by Crippen LogP contribution is 2.34. The highest BCUT2D eigenvalue weighted by molar-refractivity contribution is 6.16. The minimum Gasteiger partial charge on any atom is -0.371 e. The Bertz CT molecular complexity index is 1310. The first-order chi connectivity index (χ1) is 15.1. The lowest BCUT2D eigenvalue weighted by atomic mass is 10.0. The monoisotopic (exact) mass is 415 g/mol. The fourth-order valence-corrected chi connectivity index (χ4v) is 4.29. The van der Waals surface area contributed by atoms with E-state index in [2.05, 4.69) is 20.2 Å². The number of carbonyl (C=O) groups is 1. The molecule has 5 rings (SSSR count).